The van der Waals surface area contributed by atoms with Crippen LogP contribution in [0.2, 0.25) is 0 Å². The summed E-state index contributed by atoms with van der Waals surface area (Å²) >= 11 is 0. The Morgan fingerprint density at radius 3 is 2.27 bits per heavy atom. The van der Waals surface area contributed by atoms with Gasteiger partial charge in [0.2, 0.25) is 12.1 Å². The van der Waals surface area contributed by atoms with E-state index < -0.39 is 36.4 Å². The van der Waals surface area contributed by atoms with Crippen LogP contribution in [-0.4, -0.2) is 127 Å². The lowest BCUT2D eigenvalue weighted by Gasteiger charge is -2.36. The fourth-order valence-corrected chi connectivity index (χ4v) is 7.30. The number of imidazole rings is 2. The fourth-order valence-electron chi connectivity index (χ4n) is 7.30. The molecule has 3 aromatic carbocycles. The first-order valence-electron chi connectivity index (χ1n) is 18.2. The van der Waals surface area contributed by atoms with Crippen LogP contribution in [0.15, 0.2) is 60.8 Å². The van der Waals surface area contributed by atoms with Gasteiger partial charge in [-0.2, -0.15) is 0 Å². The molecule has 0 spiro atoms. The Labute approximate surface area is 322 Å². The van der Waals surface area contributed by atoms with Crippen LogP contribution in [0.5, 0.6) is 0 Å². The predicted molar refractivity (Wildman–Crippen MR) is 203 cm³/mol. The van der Waals surface area contributed by atoms with E-state index in [1.807, 2.05) is 24.3 Å². The van der Waals surface area contributed by atoms with Crippen molar-refractivity contribution in [1.29, 1.82) is 0 Å². The van der Waals surface area contributed by atoms with Gasteiger partial charge in [-0.1, -0.05) is 30.3 Å². The molecular weight excluding hydrogens is 724 g/mol. The average molecular weight is 769 g/mol. The van der Waals surface area contributed by atoms with Gasteiger partial charge in [0.15, 0.2) is 0 Å². The molecule has 0 saturated carbocycles. The van der Waals surface area contributed by atoms with Crippen LogP contribution in [0.4, 0.5) is 9.59 Å². The van der Waals surface area contributed by atoms with Gasteiger partial charge in [-0.15, -0.1) is 0 Å². The number of carbonyl (C=O) groups excluding carboxylic acids is 4. The van der Waals surface area contributed by atoms with Gasteiger partial charge in [0.1, 0.15) is 23.7 Å². The lowest BCUT2D eigenvalue weighted by Crippen LogP contribution is -2.53. The van der Waals surface area contributed by atoms with Crippen LogP contribution in [0.1, 0.15) is 36.6 Å². The van der Waals surface area contributed by atoms with E-state index in [0.717, 1.165) is 57.0 Å². The highest BCUT2D eigenvalue weighted by atomic mass is 16.6. The topological polar surface area (TPSA) is 202 Å². The van der Waals surface area contributed by atoms with Gasteiger partial charge in [-0.25, -0.2) is 19.6 Å². The molecule has 56 heavy (non-hydrogen) atoms. The SMILES string of the molecule is COCC(NC(=O)OC)C(=O)N1CCCC1c1ncc(-c2ccc3cc(-c4ccc5nc(C6COCCN6C(=O)C(NC(=O)OC)OC)[nH]c5c4)ccc3c2)[nH]1. The van der Waals surface area contributed by atoms with Crippen LogP contribution in [0.3, 0.4) is 0 Å². The highest BCUT2D eigenvalue weighted by Crippen LogP contribution is 2.34. The maximum absolute atomic E-state index is 13.4. The van der Waals surface area contributed by atoms with Crippen molar-refractivity contribution in [3.8, 4) is 22.4 Å². The molecule has 4 atom stereocenters. The Kier molecular flexibility index (Phi) is 11.4. The Morgan fingerprint density at radius 2 is 1.52 bits per heavy atom. The van der Waals surface area contributed by atoms with E-state index in [4.69, 9.17) is 23.9 Å². The number of methoxy groups -OCH3 is 4. The first-order chi connectivity index (χ1) is 27.2. The van der Waals surface area contributed by atoms with Crippen LogP contribution in [0, 0.1) is 0 Å². The third kappa shape index (κ3) is 7.87. The number of nitrogens with one attached hydrogen (secondary N) is 4. The zero-order chi connectivity index (χ0) is 39.3. The van der Waals surface area contributed by atoms with Gasteiger partial charge in [-0.3, -0.25) is 14.9 Å². The molecule has 294 valence electrons. The summed E-state index contributed by atoms with van der Waals surface area (Å²) < 4.78 is 25.5. The molecule has 0 bridgehead atoms. The van der Waals surface area contributed by atoms with Crippen molar-refractivity contribution in [2.45, 2.75) is 37.2 Å². The molecule has 4 heterocycles. The van der Waals surface area contributed by atoms with Crippen LogP contribution in [0.25, 0.3) is 44.2 Å². The van der Waals surface area contributed by atoms with E-state index in [1.165, 1.54) is 28.4 Å². The minimum Gasteiger partial charge on any atom is -0.453 e. The van der Waals surface area contributed by atoms with Crippen LogP contribution >= 0.6 is 0 Å². The minimum absolute atomic E-state index is 0.0203. The van der Waals surface area contributed by atoms with Crippen molar-refractivity contribution in [3.05, 3.63) is 72.4 Å². The molecule has 0 aliphatic carbocycles. The number of carbonyl (C=O) groups is 4. The second-order valence-electron chi connectivity index (χ2n) is 13.5. The zero-order valence-corrected chi connectivity index (χ0v) is 31.5. The number of fused-ring (bicyclic) bond motifs is 2. The van der Waals surface area contributed by atoms with Crippen molar-refractivity contribution in [3.63, 3.8) is 0 Å². The van der Waals surface area contributed by atoms with E-state index in [1.54, 1.807) is 16.0 Å². The fraction of sp³-hybridized carbons (Fsp3) is 0.385. The van der Waals surface area contributed by atoms with Gasteiger partial charge in [0.25, 0.3) is 5.91 Å². The lowest BCUT2D eigenvalue weighted by atomic mass is 9.99. The van der Waals surface area contributed by atoms with Crippen molar-refractivity contribution in [1.82, 2.24) is 40.4 Å². The molecule has 5 aromatic rings. The summed E-state index contributed by atoms with van der Waals surface area (Å²) in [6.07, 6.45) is 0.624. The standard InChI is InChI=1S/C39H44N8O9/c1-52-20-30(44-38(50)54-3)36(48)46-13-5-6-31(46)33-40-19-29(43-33)26-10-9-22-16-23(7-8-24(22)17-26)25-11-12-27-28(18-25)42-34(41-27)32-21-56-15-14-47(32)37(49)35(53-2)45-39(51)55-4/h7-12,16-19,30-32,35H,5-6,13-15,20-21H2,1-4H3,(H,40,43)(H,41,42)(H,44,50)(H,45,51). The highest BCUT2D eigenvalue weighted by molar-refractivity contribution is 5.92. The Hall–Kier alpha value is -6.04. The van der Waals surface area contributed by atoms with Crippen molar-refractivity contribution >= 4 is 45.8 Å². The number of nitrogens with zero attached hydrogens (tertiary/aromatic N) is 4. The summed E-state index contributed by atoms with van der Waals surface area (Å²) in [7, 11) is 5.28. The Bertz CT molecular complexity index is 2240. The summed E-state index contributed by atoms with van der Waals surface area (Å²) in [5, 5.41) is 7.07. The number of hydrogen-bond donors (Lipinski definition) is 4. The number of alkyl carbamates (subject to hydrolysis) is 2. The van der Waals surface area contributed by atoms with Gasteiger partial charge in [0, 0.05) is 32.9 Å². The number of benzene rings is 3. The molecule has 2 aliphatic heterocycles. The number of ether oxygens (including phenoxy) is 5. The molecule has 4 N–H and O–H groups in total. The molecule has 4 unspecified atom stereocenters. The van der Waals surface area contributed by atoms with Gasteiger partial charge < -0.3 is 48.8 Å². The number of hydrogen-bond acceptors (Lipinski definition) is 11. The molecule has 2 aliphatic rings. The monoisotopic (exact) mass is 768 g/mol. The Balaban J connectivity index is 1.07. The molecular formula is C39H44N8O9. The maximum atomic E-state index is 13.4. The summed E-state index contributed by atoms with van der Waals surface area (Å²) in [4.78, 5) is 70.1. The second-order valence-corrected chi connectivity index (χ2v) is 13.5. The molecule has 7 rings (SSSR count). The number of amides is 4. The van der Waals surface area contributed by atoms with E-state index in [0.29, 0.717) is 31.3 Å². The van der Waals surface area contributed by atoms with Gasteiger partial charge in [0.05, 0.1) is 63.0 Å². The third-order valence-corrected chi connectivity index (χ3v) is 10.2. The molecule has 4 amide bonds. The molecule has 2 fully saturated rings. The van der Waals surface area contributed by atoms with Crippen molar-refractivity contribution < 1.29 is 42.9 Å². The summed E-state index contributed by atoms with van der Waals surface area (Å²) in [5.74, 6) is 0.549. The predicted octanol–water partition coefficient (Wildman–Crippen LogP) is 4.04. The summed E-state index contributed by atoms with van der Waals surface area (Å²) in [6, 6.07) is 16.8. The smallest absolute Gasteiger partial charge is 0.409 e. The van der Waals surface area contributed by atoms with Crippen LogP contribution in [-0.2, 0) is 33.3 Å². The number of rotatable bonds is 11. The number of likely N-dealkylation sites (tertiary alicyclic amines) is 1. The number of aromatic nitrogens is 4. The summed E-state index contributed by atoms with van der Waals surface area (Å²) in [5.41, 5.74) is 5.31. The lowest BCUT2D eigenvalue weighted by molar-refractivity contribution is -0.152. The van der Waals surface area contributed by atoms with E-state index >= 15 is 0 Å². The molecule has 2 aromatic heterocycles. The number of H-pyrrole nitrogens is 2. The molecule has 17 nitrogen and oxygen atoms in total. The average Bonchev–Trinajstić information content (AvgIpc) is 4.02. The third-order valence-electron chi connectivity index (χ3n) is 10.2. The van der Waals surface area contributed by atoms with Crippen LogP contribution < -0.4 is 10.6 Å². The molecule has 2 saturated heterocycles. The normalized spacial score (nSPS) is 18.1. The van der Waals surface area contributed by atoms with Gasteiger partial charge >= 0.3 is 12.2 Å². The minimum atomic E-state index is -1.22. The van der Waals surface area contributed by atoms with E-state index in [9.17, 15) is 19.2 Å². The highest BCUT2D eigenvalue weighted by Gasteiger charge is 2.37. The molecule has 17 heteroatoms. The first-order valence-corrected chi connectivity index (χ1v) is 18.2. The zero-order valence-electron chi connectivity index (χ0n) is 31.5. The summed E-state index contributed by atoms with van der Waals surface area (Å²) in [6.45, 7) is 1.42. The first kappa shape index (κ1) is 38.2. The quantitative estimate of drug-likeness (QED) is 0.141. The second kappa shape index (κ2) is 16.8. The van der Waals surface area contributed by atoms with E-state index in [2.05, 4.69) is 60.7 Å². The molecule has 0 radical (unpaired) electrons. The largest absolute Gasteiger partial charge is 0.453 e. The number of morpholine rings is 1. The van der Waals surface area contributed by atoms with Crippen molar-refractivity contribution in [2.24, 2.45) is 0 Å². The maximum Gasteiger partial charge on any atom is 0.409 e. The van der Waals surface area contributed by atoms with Gasteiger partial charge in [-0.05, 0) is 59.0 Å². The van der Waals surface area contributed by atoms with E-state index in [-0.39, 0.29) is 25.2 Å². The number of aromatic amines is 2. The Morgan fingerprint density at radius 1 is 0.821 bits per heavy atom. The van der Waals surface area contributed by atoms with Crippen molar-refractivity contribution in [2.75, 3.05) is 61.3 Å².